The number of morpholine rings is 1. The van der Waals surface area contributed by atoms with Crippen LogP contribution in [-0.4, -0.2) is 107 Å². The summed E-state index contributed by atoms with van der Waals surface area (Å²) in [5.74, 6) is -1.63. The number of hydrogen-bond donors (Lipinski definition) is 0. The van der Waals surface area contributed by atoms with Gasteiger partial charge in [0.05, 0.1) is 36.9 Å². The molecule has 2 saturated carbocycles. The zero-order valence-electron chi connectivity index (χ0n) is 19.7. The van der Waals surface area contributed by atoms with Crippen LogP contribution in [0.5, 0.6) is 0 Å². The number of piperazine rings is 1. The highest BCUT2D eigenvalue weighted by atomic mass is 35.5. The van der Waals surface area contributed by atoms with Gasteiger partial charge in [-0.15, -0.1) is 11.6 Å². The van der Waals surface area contributed by atoms with Crippen LogP contribution in [0.1, 0.15) is 39.5 Å². The molecule has 5 aliphatic rings. The van der Waals surface area contributed by atoms with Crippen LogP contribution in [-0.2, 0) is 23.9 Å². The van der Waals surface area contributed by atoms with Gasteiger partial charge in [0.15, 0.2) is 5.78 Å². The molecule has 8 atom stereocenters. The number of esters is 1. The van der Waals surface area contributed by atoms with Crippen molar-refractivity contribution in [3.8, 4) is 0 Å². The standard InChI is InChI=1S/C24H33ClFN3O5/c1-3-33-24(32)16-12-29-18-5-4-14(25)10-19(18)34-23-20(29)15(22(16)31)11-17(26)21(23)28-8-6-27(7-9-28)13(2)30/h12,14-15,17-21,23H,3-11H2,1-2H3. The van der Waals surface area contributed by atoms with Gasteiger partial charge in [-0.1, -0.05) is 0 Å². The average molecular weight is 498 g/mol. The number of carbonyl (C=O) groups excluding carboxylic acids is 3. The second kappa shape index (κ2) is 9.39. The van der Waals surface area contributed by atoms with Crippen molar-refractivity contribution in [2.24, 2.45) is 5.92 Å². The molecule has 2 saturated heterocycles. The van der Waals surface area contributed by atoms with Crippen molar-refractivity contribution in [3.63, 3.8) is 0 Å². The number of hydrogen-bond acceptors (Lipinski definition) is 7. The summed E-state index contributed by atoms with van der Waals surface area (Å²) in [5, 5.41) is -0.0177. The summed E-state index contributed by atoms with van der Waals surface area (Å²) >= 11 is 6.48. The van der Waals surface area contributed by atoms with Gasteiger partial charge in [0.25, 0.3) is 0 Å². The number of nitrogens with zero attached hydrogens (tertiary/aromatic N) is 3. The smallest absolute Gasteiger partial charge is 0.343 e. The molecule has 188 valence electrons. The van der Waals surface area contributed by atoms with E-state index >= 15 is 4.39 Å². The molecule has 34 heavy (non-hydrogen) atoms. The quantitative estimate of drug-likeness (QED) is 0.332. The second-order valence-corrected chi connectivity index (χ2v) is 10.7. The van der Waals surface area contributed by atoms with Crippen LogP contribution >= 0.6 is 11.6 Å². The van der Waals surface area contributed by atoms with Crippen LogP contribution in [0.25, 0.3) is 0 Å². The molecule has 8 nitrogen and oxygen atoms in total. The first-order chi connectivity index (χ1) is 16.3. The van der Waals surface area contributed by atoms with E-state index in [0.717, 1.165) is 12.8 Å². The molecule has 0 aromatic rings. The molecule has 2 aliphatic carbocycles. The summed E-state index contributed by atoms with van der Waals surface area (Å²) in [7, 11) is 0. The van der Waals surface area contributed by atoms with Crippen LogP contribution in [0.2, 0.25) is 0 Å². The topological polar surface area (TPSA) is 79.4 Å². The van der Waals surface area contributed by atoms with Crippen molar-refractivity contribution in [1.29, 1.82) is 0 Å². The molecule has 3 heterocycles. The van der Waals surface area contributed by atoms with E-state index in [1.165, 1.54) is 0 Å². The van der Waals surface area contributed by atoms with E-state index in [9.17, 15) is 14.4 Å². The largest absolute Gasteiger partial charge is 0.462 e. The lowest BCUT2D eigenvalue weighted by atomic mass is 9.69. The maximum atomic E-state index is 15.9. The fourth-order valence-corrected chi connectivity index (χ4v) is 6.96. The minimum Gasteiger partial charge on any atom is -0.462 e. The number of ether oxygens (including phenoxy) is 2. The molecule has 5 rings (SSSR count). The van der Waals surface area contributed by atoms with Crippen molar-refractivity contribution in [1.82, 2.24) is 14.7 Å². The number of Topliss-reactive ketones (excluding diaryl/α,β-unsaturated/α-hetero) is 1. The Balaban J connectivity index is 1.48. The number of alkyl halides is 2. The van der Waals surface area contributed by atoms with Gasteiger partial charge in [0, 0.05) is 50.6 Å². The highest BCUT2D eigenvalue weighted by Crippen LogP contribution is 2.47. The Bertz CT molecular complexity index is 879. The lowest BCUT2D eigenvalue weighted by Gasteiger charge is -2.60. The van der Waals surface area contributed by atoms with Crippen LogP contribution in [0.3, 0.4) is 0 Å². The summed E-state index contributed by atoms with van der Waals surface area (Å²) in [6, 6.07) is -0.857. The van der Waals surface area contributed by atoms with E-state index < -0.39 is 30.2 Å². The summed E-state index contributed by atoms with van der Waals surface area (Å²) in [6.45, 7) is 5.64. The van der Waals surface area contributed by atoms with Crippen molar-refractivity contribution >= 4 is 29.3 Å². The number of ketones is 1. The van der Waals surface area contributed by atoms with E-state index in [4.69, 9.17) is 21.1 Å². The SMILES string of the molecule is CCOC(=O)C1=CN2C3CCC(Cl)CC3OC3C(N4CCN(C(C)=O)CC4)C(F)CC(C1=O)C32. The first-order valence-electron chi connectivity index (χ1n) is 12.4. The van der Waals surface area contributed by atoms with Gasteiger partial charge in [-0.05, 0) is 32.6 Å². The molecule has 0 spiro atoms. The van der Waals surface area contributed by atoms with Crippen LogP contribution in [0.4, 0.5) is 4.39 Å². The van der Waals surface area contributed by atoms with Gasteiger partial charge in [-0.25, -0.2) is 9.18 Å². The van der Waals surface area contributed by atoms with Gasteiger partial charge in [0.1, 0.15) is 11.7 Å². The first-order valence-corrected chi connectivity index (χ1v) is 12.9. The van der Waals surface area contributed by atoms with Gasteiger partial charge in [0.2, 0.25) is 5.91 Å². The maximum Gasteiger partial charge on any atom is 0.343 e. The van der Waals surface area contributed by atoms with Crippen LogP contribution in [0.15, 0.2) is 11.8 Å². The fraction of sp³-hybridized carbons (Fsp3) is 0.792. The highest BCUT2D eigenvalue weighted by molar-refractivity contribution is 6.20. The molecule has 1 amide bonds. The van der Waals surface area contributed by atoms with E-state index in [1.807, 2.05) is 0 Å². The molecule has 0 bridgehead atoms. The van der Waals surface area contributed by atoms with Crippen molar-refractivity contribution in [3.05, 3.63) is 11.8 Å². The highest BCUT2D eigenvalue weighted by Gasteiger charge is 2.60. The Morgan fingerprint density at radius 3 is 2.59 bits per heavy atom. The number of carbonyl (C=O) groups is 3. The normalized spacial score (nSPS) is 40.2. The van der Waals surface area contributed by atoms with Crippen LogP contribution in [0, 0.1) is 5.92 Å². The van der Waals surface area contributed by atoms with Gasteiger partial charge in [-0.3, -0.25) is 14.5 Å². The number of rotatable bonds is 3. The Morgan fingerprint density at radius 2 is 1.91 bits per heavy atom. The Kier molecular flexibility index (Phi) is 6.63. The van der Waals surface area contributed by atoms with E-state index in [-0.39, 0.29) is 53.9 Å². The predicted octanol–water partition coefficient (Wildman–Crippen LogP) is 1.50. The molecule has 0 radical (unpaired) electrons. The molecular formula is C24H33ClFN3O5. The van der Waals surface area contributed by atoms with E-state index in [1.54, 1.807) is 24.9 Å². The zero-order chi connectivity index (χ0) is 24.1. The first kappa shape index (κ1) is 24.0. The molecule has 3 aliphatic heterocycles. The van der Waals surface area contributed by atoms with Gasteiger partial charge >= 0.3 is 5.97 Å². The number of amides is 1. The van der Waals surface area contributed by atoms with Gasteiger partial charge in [-0.2, -0.15) is 0 Å². The average Bonchev–Trinajstić information content (AvgIpc) is 2.80. The monoisotopic (exact) mass is 497 g/mol. The molecule has 0 aromatic heterocycles. The lowest BCUT2D eigenvalue weighted by Crippen LogP contribution is -2.74. The third-order valence-corrected chi connectivity index (χ3v) is 8.64. The van der Waals surface area contributed by atoms with Crippen molar-refractivity contribution < 1.29 is 28.2 Å². The van der Waals surface area contributed by atoms with Crippen LogP contribution < -0.4 is 0 Å². The Morgan fingerprint density at radius 1 is 1.18 bits per heavy atom. The minimum atomic E-state index is -1.28. The molecule has 10 heteroatoms. The van der Waals surface area contributed by atoms with E-state index in [0.29, 0.717) is 32.6 Å². The number of halogens is 2. The molecule has 4 fully saturated rings. The predicted molar refractivity (Wildman–Crippen MR) is 122 cm³/mol. The summed E-state index contributed by atoms with van der Waals surface area (Å²) in [4.78, 5) is 43.7. The summed E-state index contributed by atoms with van der Waals surface area (Å²) in [6.07, 6.45) is 1.96. The summed E-state index contributed by atoms with van der Waals surface area (Å²) < 4.78 is 27.6. The zero-order valence-corrected chi connectivity index (χ0v) is 20.5. The molecule has 0 aromatic carbocycles. The molecule has 8 unspecified atom stereocenters. The van der Waals surface area contributed by atoms with Crippen molar-refractivity contribution in [2.75, 3.05) is 32.8 Å². The van der Waals surface area contributed by atoms with Gasteiger partial charge < -0.3 is 19.3 Å². The van der Waals surface area contributed by atoms with Crippen molar-refractivity contribution in [2.45, 2.75) is 81.4 Å². The fourth-order valence-electron chi connectivity index (χ4n) is 6.66. The Labute approximate surface area is 204 Å². The molecular weight excluding hydrogens is 465 g/mol. The minimum absolute atomic E-state index is 0.0104. The lowest BCUT2D eigenvalue weighted by molar-refractivity contribution is -0.213. The second-order valence-electron chi connectivity index (χ2n) is 10.1. The third kappa shape index (κ3) is 4.03. The summed E-state index contributed by atoms with van der Waals surface area (Å²) in [5.41, 5.74) is 0.0104. The molecule has 0 N–H and O–H groups in total. The number of fused-ring (bicyclic) bond motifs is 2. The third-order valence-electron chi connectivity index (χ3n) is 8.24. The maximum absolute atomic E-state index is 15.9. The Hall–Kier alpha value is -1.71. The van der Waals surface area contributed by atoms with E-state index in [2.05, 4.69) is 9.80 Å².